The highest BCUT2D eigenvalue weighted by Crippen LogP contribution is 2.49. The van der Waals surface area contributed by atoms with Gasteiger partial charge in [-0.1, -0.05) is 0 Å². The van der Waals surface area contributed by atoms with Crippen LogP contribution in [0.2, 0.25) is 0 Å². The molecule has 106 valence electrons. The molecule has 3 unspecified atom stereocenters. The maximum Gasteiger partial charge on any atom is 0.335 e. The predicted octanol–water partition coefficient (Wildman–Crippen LogP) is 1.46. The van der Waals surface area contributed by atoms with Gasteiger partial charge < -0.3 is 14.2 Å². The lowest BCUT2D eigenvalue weighted by Gasteiger charge is -2.19. The first-order valence-electron chi connectivity index (χ1n) is 6.60. The van der Waals surface area contributed by atoms with Gasteiger partial charge in [0.2, 0.25) is 0 Å². The van der Waals surface area contributed by atoms with Crippen molar-refractivity contribution in [2.75, 3.05) is 20.8 Å². The zero-order valence-electron chi connectivity index (χ0n) is 11.6. The summed E-state index contributed by atoms with van der Waals surface area (Å²) < 4.78 is 15.1. The minimum absolute atomic E-state index is 0.154. The van der Waals surface area contributed by atoms with Crippen LogP contribution in [0.15, 0.2) is 11.1 Å². The third-order valence-electron chi connectivity index (χ3n) is 3.87. The minimum atomic E-state index is -0.392. The lowest BCUT2D eigenvalue weighted by atomic mass is 9.92. The Hall–Kier alpha value is -1.36. The molecular formula is C14H20O5. The van der Waals surface area contributed by atoms with E-state index in [0.717, 1.165) is 19.3 Å². The van der Waals surface area contributed by atoms with E-state index in [1.807, 2.05) is 0 Å². The van der Waals surface area contributed by atoms with Crippen LogP contribution in [0.1, 0.15) is 26.2 Å². The summed E-state index contributed by atoms with van der Waals surface area (Å²) in [6.45, 7) is 2.12. The van der Waals surface area contributed by atoms with E-state index in [4.69, 9.17) is 14.2 Å². The first kappa shape index (κ1) is 14.1. The van der Waals surface area contributed by atoms with Crippen LogP contribution in [-0.4, -0.2) is 38.9 Å². The standard InChI is InChI=1S/C14H20O5/c1-8(7-17-2)19-14(16)12-10-5-4-9(6-10)11(12)13(15)18-3/h8-10H,4-7H2,1-3H3. The number of ether oxygens (including phenoxy) is 3. The van der Waals surface area contributed by atoms with Crippen molar-refractivity contribution >= 4 is 11.9 Å². The van der Waals surface area contributed by atoms with Crippen molar-refractivity contribution in [2.24, 2.45) is 11.8 Å². The van der Waals surface area contributed by atoms with Crippen molar-refractivity contribution in [1.29, 1.82) is 0 Å². The molecule has 0 aromatic rings. The van der Waals surface area contributed by atoms with Crippen LogP contribution in [0.4, 0.5) is 0 Å². The van der Waals surface area contributed by atoms with Gasteiger partial charge in [-0.25, -0.2) is 9.59 Å². The fraction of sp³-hybridized carbons (Fsp3) is 0.714. The summed E-state index contributed by atoms with van der Waals surface area (Å²) >= 11 is 0. The highest BCUT2D eigenvalue weighted by Gasteiger charge is 2.46. The Morgan fingerprint density at radius 2 is 1.74 bits per heavy atom. The molecule has 0 aliphatic heterocycles. The highest BCUT2D eigenvalue weighted by atomic mass is 16.6. The van der Waals surface area contributed by atoms with Crippen LogP contribution < -0.4 is 0 Å². The summed E-state index contributed by atoms with van der Waals surface area (Å²) in [5, 5.41) is 0. The average Bonchev–Trinajstić information content (AvgIpc) is 2.97. The van der Waals surface area contributed by atoms with Crippen LogP contribution in [0.25, 0.3) is 0 Å². The van der Waals surface area contributed by atoms with Crippen molar-refractivity contribution in [3.05, 3.63) is 11.1 Å². The monoisotopic (exact) mass is 268 g/mol. The number of carbonyl (C=O) groups excluding carboxylic acids is 2. The minimum Gasteiger partial charge on any atom is -0.466 e. The van der Waals surface area contributed by atoms with Crippen LogP contribution in [-0.2, 0) is 23.8 Å². The normalized spacial score (nSPS) is 26.5. The quantitative estimate of drug-likeness (QED) is 0.706. The number of rotatable bonds is 5. The van der Waals surface area contributed by atoms with Gasteiger partial charge >= 0.3 is 11.9 Å². The summed E-state index contributed by atoms with van der Waals surface area (Å²) in [4.78, 5) is 24.0. The zero-order chi connectivity index (χ0) is 14.0. The zero-order valence-corrected chi connectivity index (χ0v) is 11.6. The molecule has 1 saturated carbocycles. The van der Waals surface area contributed by atoms with Crippen LogP contribution in [0.3, 0.4) is 0 Å². The molecule has 3 atom stereocenters. The van der Waals surface area contributed by atoms with Crippen molar-refractivity contribution in [1.82, 2.24) is 0 Å². The molecule has 0 spiro atoms. The predicted molar refractivity (Wildman–Crippen MR) is 67.3 cm³/mol. The summed E-state index contributed by atoms with van der Waals surface area (Å²) in [6, 6.07) is 0. The van der Waals surface area contributed by atoms with Crippen molar-refractivity contribution in [3.8, 4) is 0 Å². The first-order chi connectivity index (χ1) is 9.08. The molecular weight excluding hydrogens is 248 g/mol. The molecule has 5 heteroatoms. The van der Waals surface area contributed by atoms with Crippen molar-refractivity contribution < 1.29 is 23.8 Å². The fourth-order valence-electron chi connectivity index (χ4n) is 3.12. The fourth-order valence-corrected chi connectivity index (χ4v) is 3.12. The van der Waals surface area contributed by atoms with E-state index in [1.165, 1.54) is 7.11 Å². The third-order valence-corrected chi connectivity index (χ3v) is 3.87. The van der Waals surface area contributed by atoms with Crippen LogP contribution >= 0.6 is 0 Å². The topological polar surface area (TPSA) is 61.8 Å². The third kappa shape index (κ3) is 2.66. The van der Waals surface area contributed by atoms with Gasteiger partial charge in [0, 0.05) is 7.11 Å². The molecule has 0 N–H and O–H groups in total. The number of esters is 2. The van der Waals surface area contributed by atoms with Crippen LogP contribution in [0.5, 0.6) is 0 Å². The summed E-state index contributed by atoms with van der Waals surface area (Å²) in [5.41, 5.74) is 1.07. The van der Waals surface area contributed by atoms with Gasteiger partial charge in [-0.05, 0) is 38.0 Å². The Labute approximate surface area is 112 Å². The summed E-state index contributed by atoms with van der Waals surface area (Å²) in [7, 11) is 2.90. The van der Waals surface area contributed by atoms with Crippen LogP contribution in [0, 0.1) is 11.8 Å². The first-order valence-corrected chi connectivity index (χ1v) is 6.60. The van der Waals surface area contributed by atoms with Gasteiger partial charge in [0.15, 0.2) is 0 Å². The summed E-state index contributed by atoms with van der Waals surface area (Å²) in [6.07, 6.45) is 2.46. The molecule has 2 aliphatic rings. The molecule has 0 aromatic heterocycles. The van der Waals surface area contributed by atoms with Gasteiger partial charge in [0.25, 0.3) is 0 Å². The van der Waals surface area contributed by atoms with E-state index in [-0.39, 0.29) is 17.9 Å². The van der Waals surface area contributed by atoms with Crippen molar-refractivity contribution in [3.63, 3.8) is 0 Å². The molecule has 2 aliphatic carbocycles. The number of carbonyl (C=O) groups is 2. The Bertz CT molecular complexity index is 412. The van der Waals surface area contributed by atoms with Gasteiger partial charge in [-0.15, -0.1) is 0 Å². The number of methoxy groups -OCH3 is 2. The Morgan fingerprint density at radius 1 is 1.16 bits per heavy atom. The molecule has 1 fully saturated rings. The average molecular weight is 268 g/mol. The largest absolute Gasteiger partial charge is 0.466 e. The second-order valence-corrected chi connectivity index (χ2v) is 5.20. The van der Waals surface area contributed by atoms with Gasteiger partial charge in [-0.2, -0.15) is 0 Å². The van der Waals surface area contributed by atoms with E-state index in [1.54, 1.807) is 14.0 Å². The molecule has 0 aromatic carbocycles. The lowest BCUT2D eigenvalue weighted by Crippen LogP contribution is -2.25. The molecule has 19 heavy (non-hydrogen) atoms. The maximum atomic E-state index is 12.2. The summed E-state index contributed by atoms with van der Waals surface area (Å²) in [5.74, 6) is -0.463. The smallest absolute Gasteiger partial charge is 0.335 e. The Morgan fingerprint density at radius 3 is 2.26 bits per heavy atom. The second-order valence-electron chi connectivity index (χ2n) is 5.20. The van der Waals surface area contributed by atoms with Gasteiger partial charge in [0.1, 0.15) is 6.10 Å². The SMILES string of the molecule is COCC(C)OC(=O)C1=C(C(=O)OC)C2CCC1C2. The Balaban J connectivity index is 2.17. The number of fused-ring (bicyclic) bond motifs is 2. The molecule has 0 heterocycles. The molecule has 5 nitrogen and oxygen atoms in total. The molecule has 2 bridgehead atoms. The van der Waals surface area contributed by atoms with E-state index >= 15 is 0 Å². The van der Waals surface area contributed by atoms with Gasteiger partial charge in [0.05, 0.1) is 24.9 Å². The molecule has 2 rings (SSSR count). The second kappa shape index (κ2) is 5.74. The van der Waals surface area contributed by atoms with Gasteiger partial charge in [-0.3, -0.25) is 0 Å². The number of hydrogen-bond donors (Lipinski definition) is 0. The maximum absolute atomic E-state index is 12.2. The van der Waals surface area contributed by atoms with E-state index < -0.39 is 11.9 Å². The lowest BCUT2D eigenvalue weighted by molar-refractivity contribution is -0.147. The highest BCUT2D eigenvalue weighted by molar-refractivity contribution is 6.02. The molecule has 0 radical (unpaired) electrons. The Kier molecular flexibility index (Phi) is 4.24. The van der Waals surface area contributed by atoms with E-state index in [2.05, 4.69) is 0 Å². The number of hydrogen-bond acceptors (Lipinski definition) is 5. The van der Waals surface area contributed by atoms with E-state index in [9.17, 15) is 9.59 Å². The van der Waals surface area contributed by atoms with Crippen molar-refractivity contribution in [2.45, 2.75) is 32.3 Å². The molecule has 0 saturated heterocycles. The molecule has 0 amide bonds. The van der Waals surface area contributed by atoms with E-state index in [0.29, 0.717) is 17.8 Å².